The number of anilines is 1. The standard InChI is InChI=1S/C23H29N5O3/c1-26(2)15-20(29)28-11-9-19-16(13-28)12-24-22(30)21(19)23(31)25-17-8-10-27(14-17)18-6-4-3-5-7-18/h3-7,12,17H,8-11,13-15H2,1-2H3,(H,24,30)(H,25,31). The highest BCUT2D eigenvalue weighted by Crippen LogP contribution is 2.22. The van der Waals surface area contributed by atoms with E-state index in [1.807, 2.05) is 37.2 Å². The summed E-state index contributed by atoms with van der Waals surface area (Å²) in [5.41, 5.74) is 2.54. The molecule has 1 atom stereocenters. The molecule has 0 spiro atoms. The number of fused-ring (bicyclic) bond motifs is 1. The predicted octanol–water partition coefficient (Wildman–Crippen LogP) is 0.830. The predicted molar refractivity (Wildman–Crippen MR) is 119 cm³/mol. The van der Waals surface area contributed by atoms with E-state index in [1.165, 1.54) is 0 Å². The van der Waals surface area contributed by atoms with Crippen molar-refractivity contribution in [2.75, 3.05) is 45.2 Å². The smallest absolute Gasteiger partial charge is 0.261 e. The van der Waals surface area contributed by atoms with Crippen LogP contribution in [-0.2, 0) is 17.8 Å². The summed E-state index contributed by atoms with van der Waals surface area (Å²) in [6.45, 7) is 2.83. The summed E-state index contributed by atoms with van der Waals surface area (Å²) >= 11 is 0. The minimum absolute atomic E-state index is 0.00952. The number of benzene rings is 1. The Bertz CT molecular complexity index is 1020. The van der Waals surface area contributed by atoms with Crippen molar-refractivity contribution in [3.05, 3.63) is 63.6 Å². The van der Waals surface area contributed by atoms with E-state index in [0.29, 0.717) is 26.1 Å². The minimum Gasteiger partial charge on any atom is -0.369 e. The monoisotopic (exact) mass is 423 g/mol. The van der Waals surface area contributed by atoms with Gasteiger partial charge >= 0.3 is 0 Å². The molecule has 2 N–H and O–H groups in total. The third-order valence-electron chi connectivity index (χ3n) is 5.96. The molecule has 1 fully saturated rings. The lowest BCUT2D eigenvalue weighted by atomic mass is 9.96. The van der Waals surface area contributed by atoms with E-state index in [9.17, 15) is 14.4 Å². The molecule has 3 heterocycles. The van der Waals surface area contributed by atoms with Gasteiger partial charge in [-0.05, 0) is 50.2 Å². The molecule has 2 aromatic rings. The first kappa shape index (κ1) is 21.1. The number of nitrogens with zero attached hydrogens (tertiary/aromatic N) is 3. The number of nitrogens with one attached hydrogen (secondary N) is 2. The Kier molecular flexibility index (Phi) is 6.08. The molecule has 1 unspecified atom stereocenters. The van der Waals surface area contributed by atoms with Crippen molar-refractivity contribution >= 4 is 17.5 Å². The molecular weight excluding hydrogens is 394 g/mol. The van der Waals surface area contributed by atoms with Gasteiger partial charge in [0.05, 0.1) is 6.54 Å². The van der Waals surface area contributed by atoms with Crippen LogP contribution in [0.5, 0.6) is 0 Å². The number of aromatic amines is 1. The highest BCUT2D eigenvalue weighted by atomic mass is 16.2. The maximum atomic E-state index is 13.1. The van der Waals surface area contributed by atoms with E-state index in [2.05, 4.69) is 27.3 Å². The first-order chi connectivity index (χ1) is 14.9. The lowest BCUT2D eigenvalue weighted by Gasteiger charge is -2.30. The van der Waals surface area contributed by atoms with Crippen LogP contribution in [0.2, 0.25) is 0 Å². The van der Waals surface area contributed by atoms with Gasteiger partial charge in [0.15, 0.2) is 0 Å². The van der Waals surface area contributed by atoms with E-state index in [4.69, 9.17) is 0 Å². The quantitative estimate of drug-likeness (QED) is 0.744. The molecule has 0 bridgehead atoms. The Balaban J connectivity index is 1.46. The van der Waals surface area contributed by atoms with Crippen LogP contribution < -0.4 is 15.8 Å². The summed E-state index contributed by atoms with van der Waals surface area (Å²) in [6, 6.07) is 10.1. The number of aromatic nitrogens is 1. The van der Waals surface area contributed by atoms with E-state index in [1.54, 1.807) is 11.1 Å². The summed E-state index contributed by atoms with van der Waals surface area (Å²) in [5, 5.41) is 3.06. The van der Waals surface area contributed by atoms with Crippen molar-refractivity contribution in [3.8, 4) is 0 Å². The summed E-state index contributed by atoms with van der Waals surface area (Å²) in [6.07, 6.45) is 2.97. The lowest BCUT2D eigenvalue weighted by Crippen LogP contribution is -2.44. The van der Waals surface area contributed by atoms with Crippen LogP contribution >= 0.6 is 0 Å². The molecule has 1 aromatic heterocycles. The molecule has 0 aliphatic carbocycles. The van der Waals surface area contributed by atoms with Crippen LogP contribution in [0.1, 0.15) is 27.9 Å². The number of hydrogen-bond acceptors (Lipinski definition) is 5. The number of para-hydroxylation sites is 1. The summed E-state index contributed by atoms with van der Waals surface area (Å²) in [5.74, 6) is -0.286. The molecule has 1 saturated heterocycles. The number of amides is 2. The van der Waals surface area contributed by atoms with E-state index in [0.717, 1.165) is 36.3 Å². The van der Waals surface area contributed by atoms with Crippen LogP contribution in [0.15, 0.2) is 41.3 Å². The van der Waals surface area contributed by atoms with Gasteiger partial charge in [-0.15, -0.1) is 0 Å². The average molecular weight is 424 g/mol. The maximum absolute atomic E-state index is 13.1. The van der Waals surface area contributed by atoms with Crippen molar-refractivity contribution < 1.29 is 9.59 Å². The number of H-pyrrole nitrogens is 1. The molecule has 164 valence electrons. The fraction of sp³-hybridized carbons (Fsp3) is 0.435. The van der Waals surface area contributed by atoms with E-state index < -0.39 is 0 Å². The van der Waals surface area contributed by atoms with Crippen LogP contribution in [0, 0.1) is 0 Å². The number of pyridine rings is 1. The number of hydrogen-bond donors (Lipinski definition) is 2. The topological polar surface area (TPSA) is 88.8 Å². The van der Waals surface area contributed by atoms with E-state index in [-0.39, 0.29) is 29.0 Å². The van der Waals surface area contributed by atoms with Gasteiger partial charge < -0.3 is 25.0 Å². The second-order valence-electron chi connectivity index (χ2n) is 8.54. The number of carbonyl (C=O) groups is 2. The maximum Gasteiger partial charge on any atom is 0.261 e. The zero-order chi connectivity index (χ0) is 22.0. The second kappa shape index (κ2) is 8.93. The first-order valence-corrected chi connectivity index (χ1v) is 10.7. The molecule has 8 nitrogen and oxygen atoms in total. The van der Waals surface area contributed by atoms with Gasteiger partial charge in [0.2, 0.25) is 5.91 Å². The van der Waals surface area contributed by atoms with Gasteiger partial charge in [0.25, 0.3) is 11.5 Å². The average Bonchev–Trinajstić information content (AvgIpc) is 3.21. The Morgan fingerprint density at radius 1 is 1.19 bits per heavy atom. The zero-order valence-electron chi connectivity index (χ0n) is 18.1. The highest BCUT2D eigenvalue weighted by molar-refractivity contribution is 5.96. The van der Waals surface area contributed by atoms with Crippen LogP contribution in [0.4, 0.5) is 5.69 Å². The minimum atomic E-state index is -0.373. The van der Waals surface area contributed by atoms with Gasteiger partial charge in [-0.1, -0.05) is 18.2 Å². The van der Waals surface area contributed by atoms with Crippen molar-refractivity contribution in [2.45, 2.75) is 25.4 Å². The van der Waals surface area contributed by atoms with Crippen LogP contribution in [0.3, 0.4) is 0 Å². The molecule has 2 aliphatic rings. The Labute approximate surface area is 181 Å². The summed E-state index contributed by atoms with van der Waals surface area (Å²) in [4.78, 5) is 46.6. The van der Waals surface area contributed by atoms with E-state index >= 15 is 0 Å². The normalized spacial score (nSPS) is 18.2. The largest absolute Gasteiger partial charge is 0.369 e. The SMILES string of the molecule is CN(C)CC(=O)N1CCc2c(c[nH]c(=O)c2C(=O)NC2CCN(c3ccccc3)C2)C1. The number of likely N-dealkylation sites (N-methyl/N-ethyl adjacent to an activating group) is 1. The fourth-order valence-electron chi connectivity index (χ4n) is 4.40. The van der Waals surface area contributed by atoms with Crippen molar-refractivity contribution in [1.82, 2.24) is 20.1 Å². The molecule has 31 heavy (non-hydrogen) atoms. The molecule has 4 rings (SSSR count). The molecule has 2 amide bonds. The van der Waals surface area contributed by atoms with Gasteiger partial charge in [-0.25, -0.2) is 0 Å². The van der Waals surface area contributed by atoms with Gasteiger partial charge in [-0.2, -0.15) is 0 Å². The number of carbonyl (C=O) groups excluding carboxylic acids is 2. The Morgan fingerprint density at radius 3 is 2.71 bits per heavy atom. The summed E-state index contributed by atoms with van der Waals surface area (Å²) < 4.78 is 0. The third-order valence-corrected chi connectivity index (χ3v) is 5.96. The third kappa shape index (κ3) is 4.64. The van der Waals surface area contributed by atoms with Crippen LogP contribution in [0.25, 0.3) is 0 Å². The van der Waals surface area contributed by atoms with Crippen molar-refractivity contribution in [2.24, 2.45) is 0 Å². The van der Waals surface area contributed by atoms with Crippen LogP contribution in [-0.4, -0.2) is 72.9 Å². The molecular formula is C23H29N5O3. The summed E-state index contributed by atoms with van der Waals surface area (Å²) in [7, 11) is 3.72. The Morgan fingerprint density at radius 2 is 1.97 bits per heavy atom. The molecule has 2 aliphatic heterocycles. The van der Waals surface area contributed by atoms with Crippen molar-refractivity contribution in [1.29, 1.82) is 0 Å². The zero-order valence-corrected chi connectivity index (χ0v) is 18.1. The highest BCUT2D eigenvalue weighted by Gasteiger charge is 2.29. The van der Waals surface area contributed by atoms with Gasteiger partial charge in [0.1, 0.15) is 5.56 Å². The van der Waals surface area contributed by atoms with Gasteiger partial charge in [-0.3, -0.25) is 14.4 Å². The molecule has 1 aromatic carbocycles. The first-order valence-electron chi connectivity index (χ1n) is 10.7. The van der Waals surface area contributed by atoms with Crippen molar-refractivity contribution in [3.63, 3.8) is 0 Å². The second-order valence-corrected chi connectivity index (χ2v) is 8.54. The molecule has 0 saturated carbocycles. The Hall–Kier alpha value is -3.13. The molecule has 8 heteroatoms. The molecule has 0 radical (unpaired) electrons. The fourth-order valence-corrected chi connectivity index (χ4v) is 4.40. The van der Waals surface area contributed by atoms with Gasteiger partial charge in [0, 0.05) is 44.1 Å². The lowest BCUT2D eigenvalue weighted by molar-refractivity contribution is -0.132. The number of rotatable bonds is 5.